The monoisotopic (exact) mass is 488 g/mol. The molecule has 174 valence electrons. The first-order valence-electron chi connectivity index (χ1n) is 10.8. The number of piperidine rings is 1. The van der Waals surface area contributed by atoms with Crippen LogP contribution in [-0.2, 0) is 16.1 Å². The van der Waals surface area contributed by atoms with Gasteiger partial charge >= 0.3 is 0 Å². The lowest BCUT2D eigenvalue weighted by atomic mass is 9.97. The van der Waals surface area contributed by atoms with Gasteiger partial charge in [0.1, 0.15) is 17.6 Å². The molecule has 3 aromatic rings. The number of rotatable bonds is 6. The maximum atomic E-state index is 13.0. The maximum Gasteiger partial charge on any atom is 0.273 e. The predicted molar refractivity (Wildman–Crippen MR) is 130 cm³/mol. The predicted octanol–water partition coefficient (Wildman–Crippen LogP) is 2.81. The van der Waals surface area contributed by atoms with Crippen molar-refractivity contribution in [1.29, 1.82) is 0 Å². The molecule has 1 aliphatic heterocycles. The number of anilines is 2. The number of thiazole rings is 1. The van der Waals surface area contributed by atoms with Gasteiger partial charge in [-0.25, -0.2) is 4.98 Å². The normalized spacial score (nSPS) is 16.1. The van der Waals surface area contributed by atoms with Crippen LogP contribution in [0.3, 0.4) is 0 Å². The van der Waals surface area contributed by atoms with Crippen LogP contribution in [0.2, 0.25) is 5.02 Å². The van der Waals surface area contributed by atoms with Crippen LogP contribution in [0.25, 0.3) is 10.3 Å². The summed E-state index contributed by atoms with van der Waals surface area (Å²) in [7, 11) is 0. The Morgan fingerprint density at radius 1 is 1.33 bits per heavy atom. The lowest BCUT2D eigenvalue weighted by Crippen LogP contribution is -2.43. The van der Waals surface area contributed by atoms with Crippen molar-refractivity contribution in [2.75, 3.05) is 29.9 Å². The van der Waals surface area contributed by atoms with Crippen LogP contribution in [0.5, 0.6) is 0 Å². The van der Waals surface area contributed by atoms with Gasteiger partial charge in [-0.2, -0.15) is 4.98 Å². The summed E-state index contributed by atoms with van der Waals surface area (Å²) in [6, 6.07) is 5.25. The molecule has 2 N–H and O–H groups in total. The fourth-order valence-corrected chi connectivity index (χ4v) is 5.03. The molecule has 1 atom stereocenters. The van der Waals surface area contributed by atoms with E-state index in [1.165, 1.54) is 22.2 Å². The zero-order valence-corrected chi connectivity index (χ0v) is 20.0. The van der Waals surface area contributed by atoms with E-state index in [0.29, 0.717) is 39.3 Å². The minimum absolute atomic E-state index is 0.0461. The van der Waals surface area contributed by atoms with Crippen LogP contribution >= 0.6 is 22.9 Å². The van der Waals surface area contributed by atoms with Crippen molar-refractivity contribution >= 4 is 55.9 Å². The van der Waals surface area contributed by atoms with Gasteiger partial charge < -0.3 is 15.5 Å². The fraction of sp³-hybridized carbons (Fsp3) is 0.409. The van der Waals surface area contributed by atoms with Crippen molar-refractivity contribution in [2.24, 2.45) is 5.92 Å². The molecule has 0 aliphatic carbocycles. The van der Waals surface area contributed by atoms with Crippen LogP contribution in [0.4, 0.5) is 10.8 Å². The highest BCUT2D eigenvalue weighted by Crippen LogP contribution is 2.29. The van der Waals surface area contributed by atoms with E-state index >= 15 is 0 Å². The van der Waals surface area contributed by atoms with Gasteiger partial charge in [-0.3, -0.25) is 19.0 Å². The van der Waals surface area contributed by atoms with E-state index in [1.54, 1.807) is 18.2 Å². The van der Waals surface area contributed by atoms with E-state index in [0.717, 1.165) is 24.9 Å². The van der Waals surface area contributed by atoms with Gasteiger partial charge in [0.15, 0.2) is 10.8 Å². The number of hydrogen-bond acceptors (Lipinski definition) is 7. The van der Waals surface area contributed by atoms with Crippen molar-refractivity contribution in [3.63, 3.8) is 0 Å². The summed E-state index contributed by atoms with van der Waals surface area (Å²) in [5.74, 6) is -0.409. The van der Waals surface area contributed by atoms with Crippen molar-refractivity contribution < 1.29 is 9.59 Å². The van der Waals surface area contributed by atoms with Gasteiger partial charge in [-0.15, -0.1) is 0 Å². The molecule has 0 radical (unpaired) electrons. The minimum Gasteiger partial charge on any atom is -0.356 e. The Kier molecular flexibility index (Phi) is 6.94. The first-order chi connectivity index (χ1) is 15.9. The molecule has 1 fully saturated rings. The molecule has 1 aromatic carbocycles. The minimum atomic E-state index is -0.353. The molecular weight excluding hydrogens is 464 g/mol. The van der Waals surface area contributed by atoms with Crippen LogP contribution in [0.1, 0.15) is 25.3 Å². The largest absolute Gasteiger partial charge is 0.356 e. The topological polar surface area (TPSA) is 109 Å². The Hall–Kier alpha value is -2.98. The highest BCUT2D eigenvalue weighted by molar-refractivity contribution is 7.22. The first kappa shape index (κ1) is 23.2. The van der Waals surface area contributed by atoms with Crippen LogP contribution in [-0.4, -0.2) is 46.0 Å². The van der Waals surface area contributed by atoms with Gasteiger partial charge in [0, 0.05) is 30.3 Å². The zero-order valence-electron chi connectivity index (χ0n) is 18.4. The SMILES string of the molecule is CCNC(=O)[C@@H]1CCCN(c2nc3ncn(CC(=O)Nc4cccc(Cl)c4C)c(=O)c3s2)C1. The molecule has 1 aliphatic rings. The summed E-state index contributed by atoms with van der Waals surface area (Å²) in [6.45, 7) is 5.47. The molecule has 2 amide bonds. The molecule has 0 spiro atoms. The number of carbonyl (C=O) groups excluding carboxylic acids is 2. The summed E-state index contributed by atoms with van der Waals surface area (Å²) < 4.78 is 1.66. The quantitative estimate of drug-likeness (QED) is 0.552. The van der Waals surface area contributed by atoms with E-state index in [1.807, 2.05) is 18.7 Å². The smallest absolute Gasteiger partial charge is 0.273 e. The van der Waals surface area contributed by atoms with Crippen LogP contribution in [0, 0.1) is 12.8 Å². The second-order valence-electron chi connectivity index (χ2n) is 7.97. The second kappa shape index (κ2) is 9.88. The Balaban J connectivity index is 1.51. The Labute approximate surface area is 199 Å². The lowest BCUT2D eigenvalue weighted by Gasteiger charge is -2.31. The molecule has 0 saturated carbocycles. The number of carbonyl (C=O) groups is 2. The molecule has 0 bridgehead atoms. The number of halogens is 1. The number of fused-ring (bicyclic) bond motifs is 1. The molecule has 0 unspecified atom stereocenters. The maximum absolute atomic E-state index is 13.0. The van der Waals surface area contributed by atoms with Gasteiger partial charge in [-0.1, -0.05) is 29.0 Å². The number of nitrogens with zero attached hydrogens (tertiary/aromatic N) is 4. The van der Waals surface area contributed by atoms with Gasteiger partial charge in [0.25, 0.3) is 5.56 Å². The van der Waals surface area contributed by atoms with Crippen molar-refractivity contribution in [3.05, 3.63) is 45.5 Å². The fourth-order valence-electron chi connectivity index (χ4n) is 3.85. The summed E-state index contributed by atoms with van der Waals surface area (Å²) in [5.41, 5.74) is 1.39. The molecular formula is C22H25ClN6O3S. The van der Waals surface area contributed by atoms with E-state index in [9.17, 15) is 14.4 Å². The molecule has 9 nitrogen and oxygen atoms in total. The summed E-state index contributed by atoms with van der Waals surface area (Å²) in [5, 5.41) is 6.89. The number of hydrogen-bond donors (Lipinski definition) is 2. The van der Waals surface area contributed by atoms with Crippen LogP contribution < -0.4 is 21.1 Å². The molecule has 33 heavy (non-hydrogen) atoms. The summed E-state index contributed by atoms with van der Waals surface area (Å²) in [6.07, 6.45) is 3.05. The van der Waals surface area contributed by atoms with E-state index in [4.69, 9.17) is 11.6 Å². The van der Waals surface area contributed by atoms with Crippen LogP contribution in [0.15, 0.2) is 29.3 Å². The molecule has 4 rings (SSSR count). The van der Waals surface area contributed by atoms with Gasteiger partial charge in [0.2, 0.25) is 11.8 Å². The third kappa shape index (κ3) is 5.01. The summed E-state index contributed by atoms with van der Waals surface area (Å²) >= 11 is 7.35. The average molecular weight is 489 g/mol. The van der Waals surface area contributed by atoms with Crippen molar-refractivity contribution in [1.82, 2.24) is 19.9 Å². The Morgan fingerprint density at radius 3 is 2.94 bits per heavy atom. The van der Waals surface area contributed by atoms with E-state index in [2.05, 4.69) is 20.6 Å². The third-order valence-electron chi connectivity index (χ3n) is 5.64. The van der Waals surface area contributed by atoms with Crippen molar-refractivity contribution in [2.45, 2.75) is 33.2 Å². The molecule has 1 saturated heterocycles. The van der Waals surface area contributed by atoms with Gasteiger partial charge in [0.05, 0.1) is 5.92 Å². The molecule has 2 aromatic heterocycles. The Bertz CT molecular complexity index is 1260. The highest BCUT2D eigenvalue weighted by Gasteiger charge is 2.27. The standard InChI is InChI=1S/C22H25ClN6O3S/c1-3-24-20(31)14-6-5-9-28(10-14)22-27-19-18(33-22)21(32)29(12-25-19)11-17(30)26-16-8-4-7-15(23)13(16)2/h4,7-8,12,14H,3,5-6,9-11H2,1-2H3,(H,24,31)(H,26,30)/t14-/m1/s1. The van der Waals surface area contributed by atoms with E-state index < -0.39 is 0 Å². The Morgan fingerprint density at radius 2 is 2.15 bits per heavy atom. The average Bonchev–Trinajstić information content (AvgIpc) is 3.24. The highest BCUT2D eigenvalue weighted by atomic mass is 35.5. The number of amides is 2. The third-order valence-corrected chi connectivity index (χ3v) is 7.14. The zero-order chi connectivity index (χ0) is 23.5. The van der Waals surface area contributed by atoms with Gasteiger partial charge in [-0.05, 0) is 44.4 Å². The number of benzene rings is 1. The first-order valence-corrected chi connectivity index (χ1v) is 12.0. The molecule has 3 heterocycles. The number of nitrogens with one attached hydrogen (secondary N) is 2. The van der Waals surface area contributed by atoms with E-state index in [-0.39, 0.29) is 29.8 Å². The lowest BCUT2D eigenvalue weighted by molar-refractivity contribution is -0.125. The van der Waals surface area contributed by atoms with Crippen molar-refractivity contribution in [3.8, 4) is 0 Å². The second-order valence-corrected chi connectivity index (χ2v) is 9.35. The number of aromatic nitrogens is 3. The summed E-state index contributed by atoms with van der Waals surface area (Å²) in [4.78, 5) is 48.6. The molecule has 11 heteroatoms.